The quantitative estimate of drug-likeness (QED) is 0.361. The van der Waals surface area contributed by atoms with Crippen LogP contribution in [0.2, 0.25) is 0 Å². The van der Waals surface area contributed by atoms with Crippen LogP contribution in [0.15, 0.2) is 83.1 Å². The normalized spacial score (nSPS) is 11.0. The number of methoxy groups -OCH3 is 2. The van der Waals surface area contributed by atoms with Crippen molar-refractivity contribution in [2.75, 3.05) is 24.3 Å². The minimum absolute atomic E-state index is 0.103. The van der Waals surface area contributed by atoms with Crippen molar-refractivity contribution in [1.82, 2.24) is 4.98 Å². The molecule has 34 heavy (non-hydrogen) atoms. The van der Waals surface area contributed by atoms with E-state index < -0.39 is 10.0 Å². The second-order valence-corrected chi connectivity index (χ2v) is 9.62. The number of carbonyl (C=O) groups is 1. The summed E-state index contributed by atoms with van der Waals surface area (Å²) in [5, 5.41) is 5.08. The van der Waals surface area contributed by atoms with E-state index in [-0.39, 0.29) is 10.8 Å². The van der Waals surface area contributed by atoms with E-state index in [1.54, 1.807) is 31.4 Å². The lowest BCUT2D eigenvalue weighted by Gasteiger charge is -2.09. The predicted molar refractivity (Wildman–Crippen MR) is 132 cm³/mol. The average molecular weight is 496 g/mol. The molecule has 0 fully saturated rings. The second kappa shape index (κ2) is 9.94. The highest BCUT2D eigenvalue weighted by molar-refractivity contribution is 7.92. The first-order valence-electron chi connectivity index (χ1n) is 10.1. The molecular formula is C24H21N3O5S2. The van der Waals surface area contributed by atoms with Gasteiger partial charge in [-0.05, 0) is 72.8 Å². The number of sulfonamides is 1. The number of amides is 1. The molecule has 8 nitrogen and oxygen atoms in total. The smallest absolute Gasteiger partial charge is 0.261 e. The standard InChI is InChI=1S/C24H21N3O5S2/c1-31-19-9-5-16(6-10-19)22-15-33-24(25-22)26-23(28)17-3-7-18(8-4-17)27-34(29,30)21-13-11-20(32-2)12-14-21/h3-15,27H,1-2H3,(H,25,26,28). The van der Waals surface area contributed by atoms with E-state index in [0.717, 1.165) is 17.0 Å². The molecule has 0 radical (unpaired) electrons. The van der Waals surface area contributed by atoms with Crippen molar-refractivity contribution in [2.45, 2.75) is 4.90 Å². The number of nitrogens with zero attached hydrogens (tertiary/aromatic N) is 1. The Hall–Kier alpha value is -3.89. The molecule has 0 unspecified atom stereocenters. The molecule has 4 aromatic rings. The largest absolute Gasteiger partial charge is 0.497 e. The molecule has 0 atom stereocenters. The minimum atomic E-state index is -3.77. The fourth-order valence-corrected chi connectivity index (χ4v) is 4.83. The first-order chi connectivity index (χ1) is 16.4. The van der Waals surface area contributed by atoms with E-state index in [2.05, 4.69) is 15.0 Å². The van der Waals surface area contributed by atoms with Gasteiger partial charge < -0.3 is 9.47 Å². The first-order valence-corrected chi connectivity index (χ1v) is 12.4. The molecular weight excluding hydrogens is 474 g/mol. The molecule has 1 amide bonds. The summed E-state index contributed by atoms with van der Waals surface area (Å²) in [6.07, 6.45) is 0. The van der Waals surface area contributed by atoms with Gasteiger partial charge in [0.25, 0.3) is 15.9 Å². The Kier molecular flexibility index (Phi) is 6.80. The van der Waals surface area contributed by atoms with E-state index in [0.29, 0.717) is 22.1 Å². The predicted octanol–water partition coefficient (Wildman–Crippen LogP) is 4.88. The van der Waals surface area contributed by atoms with E-state index in [1.807, 2.05) is 29.6 Å². The Balaban J connectivity index is 1.40. The maximum absolute atomic E-state index is 12.6. The zero-order chi connectivity index (χ0) is 24.1. The molecule has 0 spiro atoms. The Labute approximate surface area is 201 Å². The summed E-state index contributed by atoms with van der Waals surface area (Å²) in [5.74, 6) is 0.966. The number of carbonyl (C=O) groups excluding carboxylic acids is 1. The van der Waals surface area contributed by atoms with Gasteiger partial charge in [-0.3, -0.25) is 14.8 Å². The molecule has 0 saturated heterocycles. The molecule has 0 aliphatic rings. The first kappa shape index (κ1) is 23.3. The number of benzene rings is 3. The molecule has 3 aromatic carbocycles. The number of rotatable bonds is 8. The molecule has 1 heterocycles. The summed E-state index contributed by atoms with van der Waals surface area (Å²) in [4.78, 5) is 17.2. The van der Waals surface area contributed by atoms with Crippen molar-refractivity contribution < 1.29 is 22.7 Å². The lowest BCUT2D eigenvalue weighted by molar-refractivity contribution is 0.102. The molecule has 2 N–H and O–H groups in total. The Morgan fingerprint density at radius 1 is 0.853 bits per heavy atom. The number of aromatic nitrogens is 1. The van der Waals surface area contributed by atoms with Crippen molar-refractivity contribution in [3.8, 4) is 22.8 Å². The monoisotopic (exact) mass is 495 g/mol. The van der Waals surface area contributed by atoms with Gasteiger partial charge >= 0.3 is 0 Å². The molecule has 0 bridgehead atoms. The van der Waals surface area contributed by atoms with Gasteiger partial charge in [-0.1, -0.05) is 0 Å². The maximum atomic E-state index is 12.6. The van der Waals surface area contributed by atoms with Crippen molar-refractivity contribution in [1.29, 1.82) is 0 Å². The van der Waals surface area contributed by atoms with E-state index in [4.69, 9.17) is 9.47 Å². The SMILES string of the molecule is COc1ccc(-c2csc(NC(=O)c3ccc(NS(=O)(=O)c4ccc(OC)cc4)cc3)n2)cc1. The number of ether oxygens (including phenoxy) is 2. The fourth-order valence-electron chi connectivity index (χ4n) is 3.05. The Morgan fingerprint density at radius 2 is 1.44 bits per heavy atom. The van der Waals surface area contributed by atoms with Crippen molar-refractivity contribution in [3.05, 3.63) is 83.7 Å². The van der Waals surface area contributed by atoms with Gasteiger partial charge in [0, 0.05) is 22.2 Å². The van der Waals surface area contributed by atoms with Crippen molar-refractivity contribution in [3.63, 3.8) is 0 Å². The van der Waals surface area contributed by atoms with Crippen LogP contribution in [0, 0.1) is 0 Å². The number of hydrogen-bond acceptors (Lipinski definition) is 7. The number of anilines is 2. The van der Waals surface area contributed by atoms with Crippen LogP contribution in [0.4, 0.5) is 10.8 Å². The molecule has 0 aliphatic carbocycles. The third kappa shape index (κ3) is 5.36. The van der Waals surface area contributed by atoms with Crippen molar-refractivity contribution >= 4 is 38.1 Å². The Bertz CT molecular complexity index is 1380. The summed E-state index contributed by atoms with van der Waals surface area (Å²) in [6.45, 7) is 0. The fraction of sp³-hybridized carbons (Fsp3) is 0.0833. The van der Waals surface area contributed by atoms with Crippen LogP contribution in [0.1, 0.15) is 10.4 Å². The van der Waals surface area contributed by atoms with Crippen molar-refractivity contribution in [2.24, 2.45) is 0 Å². The highest BCUT2D eigenvalue weighted by Crippen LogP contribution is 2.27. The van der Waals surface area contributed by atoms with Gasteiger partial charge in [-0.2, -0.15) is 0 Å². The van der Waals surface area contributed by atoms with Crippen LogP contribution in [-0.2, 0) is 10.0 Å². The topological polar surface area (TPSA) is 107 Å². The van der Waals surface area contributed by atoms with Gasteiger partial charge in [-0.15, -0.1) is 11.3 Å². The summed E-state index contributed by atoms with van der Waals surface area (Å²) >= 11 is 1.31. The van der Waals surface area contributed by atoms with Crippen LogP contribution >= 0.6 is 11.3 Å². The number of hydrogen-bond donors (Lipinski definition) is 2. The second-order valence-electron chi connectivity index (χ2n) is 7.08. The third-order valence-corrected chi connectivity index (χ3v) is 7.03. The average Bonchev–Trinajstić information content (AvgIpc) is 3.32. The van der Waals surface area contributed by atoms with Gasteiger partial charge in [0.05, 0.1) is 24.8 Å². The van der Waals surface area contributed by atoms with E-state index in [9.17, 15) is 13.2 Å². The summed E-state index contributed by atoms with van der Waals surface area (Å²) in [7, 11) is -0.658. The van der Waals surface area contributed by atoms with Gasteiger partial charge in [0.15, 0.2) is 5.13 Å². The van der Waals surface area contributed by atoms with E-state index in [1.165, 1.54) is 42.7 Å². The van der Waals surface area contributed by atoms with Gasteiger partial charge in [0.2, 0.25) is 0 Å². The van der Waals surface area contributed by atoms with Crippen LogP contribution in [0.3, 0.4) is 0 Å². The molecule has 0 aliphatic heterocycles. The molecule has 174 valence electrons. The highest BCUT2D eigenvalue weighted by Gasteiger charge is 2.15. The number of nitrogens with one attached hydrogen (secondary N) is 2. The van der Waals surface area contributed by atoms with Gasteiger partial charge in [0.1, 0.15) is 11.5 Å². The van der Waals surface area contributed by atoms with E-state index >= 15 is 0 Å². The number of thiazole rings is 1. The molecule has 10 heteroatoms. The van der Waals surface area contributed by atoms with Crippen LogP contribution in [0.5, 0.6) is 11.5 Å². The summed E-state index contributed by atoms with van der Waals surface area (Å²) < 4.78 is 37.9. The van der Waals surface area contributed by atoms with Crippen LogP contribution < -0.4 is 19.5 Å². The lowest BCUT2D eigenvalue weighted by atomic mass is 10.2. The zero-order valence-electron chi connectivity index (χ0n) is 18.3. The lowest BCUT2D eigenvalue weighted by Crippen LogP contribution is -2.14. The molecule has 4 rings (SSSR count). The Morgan fingerprint density at radius 3 is 2.03 bits per heavy atom. The zero-order valence-corrected chi connectivity index (χ0v) is 19.9. The van der Waals surface area contributed by atoms with Crippen LogP contribution in [0.25, 0.3) is 11.3 Å². The van der Waals surface area contributed by atoms with Gasteiger partial charge in [-0.25, -0.2) is 13.4 Å². The summed E-state index contributed by atoms with van der Waals surface area (Å²) in [5.41, 5.74) is 2.36. The molecule has 0 saturated carbocycles. The van der Waals surface area contributed by atoms with Crippen LogP contribution in [-0.4, -0.2) is 33.5 Å². The third-order valence-electron chi connectivity index (χ3n) is 4.88. The minimum Gasteiger partial charge on any atom is -0.497 e. The highest BCUT2D eigenvalue weighted by atomic mass is 32.2. The molecule has 1 aromatic heterocycles. The maximum Gasteiger partial charge on any atom is 0.261 e. The summed E-state index contributed by atoms with van der Waals surface area (Å²) in [6, 6.07) is 19.7.